The van der Waals surface area contributed by atoms with Crippen LogP contribution in [0.25, 0.3) is 0 Å². The van der Waals surface area contributed by atoms with Gasteiger partial charge in [-0.1, -0.05) is 35.5 Å². The molecule has 5 nitrogen and oxygen atoms in total. The van der Waals surface area contributed by atoms with E-state index >= 15 is 0 Å². The molecule has 0 amide bonds. The molecule has 5 heteroatoms. The van der Waals surface area contributed by atoms with Gasteiger partial charge in [0.1, 0.15) is 0 Å². The van der Waals surface area contributed by atoms with Crippen LogP contribution in [0.5, 0.6) is 0 Å². The maximum absolute atomic E-state index is 5.75. The summed E-state index contributed by atoms with van der Waals surface area (Å²) in [7, 11) is 0. The largest absolute Gasteiger partial charge is 0.375 e. The van der Waals surface area contributed by atoms with Crippen molar-refractivity contribution >= 4 is 0 Å². The van der Waals surface area contributed by atoms with Gasteiger partial charge in [0.15, 0.2) is 5.82 Å². The lowest BCUT2D eigenvalue weighted by Crippen LogP contribution is -2.43. The summed E-state index contributed by atoms with van der Waals surface area (Å²) in [5.74, 6) is 1.25. The van der Waals surface area contributed by atoms with E-state index in [4.69, 9.17) is 9.26 Å². The molecule has 108 valence electrons. The average Bonchev–Trinajstić information content (AvgIpc) is 2.84. The molecule has 0 spiro atoms. The second-order valence-corrected chi connectivity index (χ2v) is 5.45. The first-order valence-corrected chi connectivity index (χ1v) is 6.71. The van der Waals surface area contributed by atoms with E-state index in [2.05, 4.69) is 41.4 Å². The molecule has 1 N–H and O–H groups in total. The number of aromatic nitrogens is 2. The minimum absolute atomic E-state index is 0.149. The fraction of sp³-hybridized carbons (Fsp3) is 0.467. The highest BCUT2D eigenvalue weighted by molar-refractivity contribution is 5.13. The van der Waals surface area contributed by atoms with E-state index in [-0.39, 0.29) is 5.54 Å². The standard InChI is InChI=1S/C15H21N3O2/c1-12-17-14(18-20-12)9-16-15(2,3)11-19-10-13-7-5-4-6-8-13/h4-8,16H,9-11H2,1-3H3. The third-order valence-electron chi connectivity index (χ3n) is 2.87. The summed E-state index contributed by atoms with van der Waals surface area (Å²) < 4.78 is 10.7. The maximum atomic E-state index is 5.75. The lowest BCUT2D eigenvalue weighted by atomic mass is 10.1. The number of nitrogens with zero attached hydrogens (tertiary/aromatic N) is 2. The summed E-state index contributed by atoms with van der Waals surface area (Å²) >= 11 is 0. The molecule has 0 bridgehead atoms. The fourth-order valence-electron chi connectivity index (χ4n) is 1.78. The number of aryl methyl sites for hydroxylation is 1. The van der Waals surface area contributed by atoms with Crippen LogP contribution < -0.4 is 5.32 Å². The van der Waals surface area contributed by atoms with Gasteiger partial charge in [-0.15, -0.1) is 0 Å². The Balaban J connectivity index is 1.73. The highest BCUT2D eigenvalue weighted by Gasteiger charge is 2.18. The highest BCUT2D eigenvalue weighted by atomic mass is 16.5. The Kier molecular flexibility index (Phi) is 4.87. The van der Waals surface area contributed by atoms with Gasteiger partial charge in [0.05, 0.1) is 19.8 Å². The zero-order valence-electron chi connectivity index (χ0n) is 12.2. The van der Waals surface area contributed by atoms with Crippen molar-refractivity contribution in [1.29, 1.82) is 0 Å². The summed E-state index contributed by atoms with van der Waals surface area (Å²) in [6.45, 7) is 7.76. The zero-order chi connectivity index (χ0) is 14.4. The van der Waals surface area contributed by atoms with Gasteiger partial charge < -0.3 is 14.6 Å². The molecule has 0 radical (unpaired) electrons. The van der Waals surface area contributed by atoms with Crippen molar-refractivity contribution in [3.63, 3.8) is 0 Å². The van der Waals surface area contributed by atoms with Crippen molar-refractivity contribution in [3.8, 4) is 0 Å². The van der Waals surface area contributed by atoms with E-state index in [0.29, 0.717) is 31.5 Å². The minimum Gasteiger partial charge on any atom is -0.375 e. The molecule has 1 aromatic heterocycles. The summed E-state index contributed by atoms with van der Waals surface area (Å²) in [6, 6.07) is 10.1. The summed E-state index contributed by atoms with van der Waals surface area (Å²) in [6.07, 6.45) is 0. The van der Waals surface area contributed by atoms with E-state index in [1.54, 1.807) is 6.92 Å². The predicted octanol–water partition coefficient (Wildman–Crippen LogP) is 2.46. The van der Waals surface area contributed by atoms with Crippen molar-refractivity contribution in [3.05, 3.63) is 47.6 Å². The van der Waals surface area contributed by atoms with Gasteiger partial charge in [0.25, 0.3) is 0 Å². The number of hydrogen-bond acceptors (Lipinski definition) is 5. The monoisotopic (exact) mass is 275 g/mol. The number of ether oxygens (including phenoxy) is 1. The molecule has 0 atom stereocenters. The zero-order valence-corrected chi connectivity index (χ0v) is 12.2. The van der Waals surface area contributed by atoms with Crippen molar-refractivity contribution < 1.29 is 9.26 Å². The molecular formula is C15H21N3O2. The molecule has 2 rings (SSSR count). The Morgan fingerprint density at radius 3 is 2.65 bits per heavy atom. The van der Waals surface area contributed by atoms with E-state index < -0.39 is 0 Å². The molecule has 0 unspecified atom stereocenters. The molecule has 1 heterocycles. The quantitative estimate of drug-likeness (QED) is 0.841. The second-order valence-electron chi connectivity index (χ2n) is 5.45. The lowest BCUT2D eigenvalue weighted by Gasteiger charge is -2.25. The number of nitrogens with one attached hydrogen (secondary N) is 1. The Bertz CT molecular complexity index is 523. The van der Waals surface area contributed by atoms with E-state index in [9.17, 15) is 0 Å². The maximum Gasteiger partial charge on any atom is 0.223 e. The molecule has 0 aliphatic carbocycles. The molecule has 1 aromatic carbocycles. The van der Waals surface area contributed by atoms with Crippen LogP contribution in [0, 0.1) is 6.92 Å². The third-order valence-corrected chi connectivity index (χ3v) is 2.87. The van der Waals surface area contributed by atoms with Crippen LogP contribution in [0.1, 0.15) is 31.1 Å². The Labute approximate surface area is 119 Å². The molecule has 0 saturated heterocycles. The normalized spacial score (nSPS) is 11.8. The van der Waals surface area contributed by atoms with Crippen LogP contribution in [0.3, 0.4) is 0 Å². The molecule has 0 fully saturated rings. The number of rotatable bonds is 7. The first kappa shape index (κ1) is 14.7. The third kappa shape index (κ3) is 4.75. The minimum atomic E-state index is -0.149. The molecule has 20 heavy (non-hydrogen) atoms. The Morgan fingerprint density at radius 1 is 1.25 bits per heavy atom. The highest BCUT2D eigenvalue weighted by Crippen LogP contribution is 2.07. The Hall–Kier alpha value is -1.72. The van der Waals surface area contributed by atoms with Crippen LogP contribution in [0.4, 0.5) is 0 Å². The van der Waals surface area contributed by atoms with Crippen molar-refractivity contribution in [1.82, 2.24) is 15.5 Å². The molecule has 0 aliphatic heterocycles. The molecule has 0 saturated carbocycles. The first-order valence-electron chi connectivity index (χ1n) is 6.71. The van der Waals surface area contributed by atoms with Gasteiger partial charge in [-0.3, -0.25) is 0 Å². The number of hydrogen-bond donors (Lipinski definition) is 1. The lowest BCUT2D eigenvalue weighted by molar-refractivity contribution is 0.0700. The SMILES string of the molecule is Cc1nc(CNC(C)(C)COCc2ccccc2)no1. The van der Waals surface area contributed by atoms with E-state index in [0.717, 1.165) is 0 Å². The smallest absolute Gasteiger partial charge is 0.223 e. The Morgan fingerprint density at radius 2 is 2.00 bits per heavy atom. The van der Waals surface area contributed by atoms with Gasteiger partial charge in [0.2, 0.25) is 5.89 Å². The van der Waals surface area contributed by atoms with Gasteiger partial charge in [-0.2, -0.15) is 4.98 Å². The molecule has 2 aromatic rings. The first-order chi connectivity index (χ1) is 9.55. The second kappa shape index (κ2) is 6.63. The van der Waals surface area contributed by atoms with Crippen LogP contribution in [0.2, 0.25) is 0 Å². The summed E-state index contributed by atoms with van der Waals surface area (Å²) in [5.41, 5.74) is 1.03. The van der Waals surface area contributed by atoms with Gasteiger partial charge in [0, 0.05) is 12.5 Å². The van der Waals surface area contributed by atoms with Crippen LogP contribution in [-0.2, 0) is 17.9 Å². The topological polar surface area (TPSA) is 60.2 Å². The van der Waals surface area contributed by atoms with Gasteiger partial charge >= 0.3 is 0 Å². The van der Waals surface area contributed by atoms with Crippen molar-refractivity contribution in [2.24, 2.45) is 0 Å². The average molecular weight is 275 g/mol. The van der Waals surface area contributed by atoms with Gasteiger partial charge in [-0.25, -0.2) is 0 Å². The van der Waals surface area contributed by atoms with Gasteiger partial charge in [-0.05, 0) is 19.4 Å². The fourth-order valence-corrected chi connectivity index (χ4v) is 1.78. The van der Waals surface area contributed by atoms with Crippen LogP contribution in [-0.4, -0.2) is 22.3 Å². The van der Waals surface area contributed by atoms with Crippen molar-refractivity contribution in [2.75, 3.05) is 6.61 Å². The van der Waals surface area contributed by atoms with Crippen LogP contribution >= 0.6 is 0 Å². The van der Waals surface area contributed by atoms with Crippen LogP contribution in [0.15, 0.2) is 34.9 Å². The van der Waals surface area contributed by atoms with E-state index in [1.165, 1.54) is 5.56 Å². The van der Waals surface area contributed by atoms with Crippen molar-refractivity contribution in [2.45, 2.75) is 39.5 Å². The molecule has 0 aliphatic rings. The van der Waals surface area contributed by atoms with E-state index in [1.807, 2.05) is 18.2 Å². The predicted molar refractivity (Wildman–Crippen MR) is 76.1 cm³/mol. The summed E-state index contributed by atoms with van der Waals surface area (Å²) in [5, 5.41) is 7.22. The summed E-state index contributed by atoms with van der Waals surface area (Å²) in [4.78, 5) is 4.16. The number of benzene rings is 1. The molecular weight excluding hydrogens is 254 g/mol.